The van der Waals surface area contributed by atoms with E-state index in [-0.39, 0.29) is 35.0 Å². The number of sulfonamides is 1. The Hall–Kier alpha value is -4.05. The first-order valence-electron chi connectivity index (χ1n) is 13.8. The number of fused-ring (bicyclic) bond motifs is 1. The fourth-order valence-electron chi connectivity index (χ4n) is 5.51. The van der Waals surface area contributed by atoms with E-state index in [1.807, 2.05) is 30.3 Å². The fraction of sp³-hybridized carbons (Fsp3) is 0.323. The lowest BCUT2D eigenvalue weighted by Gasteiger charge is -2.34. The SMILES string of the molecule is O=C(NC1CCCCC1)[C@H](Cc1ccccc1)N(Cc1ccccc1F)C(=O)CN1C(=O)c2ccccc2S1(=O)=O. The molecule has 41 heavy (non-hydrogen) atoms. The average molecular weight is 578 g/mol. The first kappa shape index (κ1) is 28.5. The van der Waals surface area contributed by atoms with Crippen molar-refractivity contribution in [2.75, 3.05) is 6.54 Å². The molecule has 1 atom stereocenters. The molecule has 3 aromatic rings. The maximum atomic E-state index is 14.8. The highest BCUT2D eigenvalue weighted by molar-refractivity contribution is 7.90. The Labute approximate surface area is 239 Å². The number of halogens is 1. The van der Waals surface area contributed by atoms with Gasteiger partial charge in [0, 0.05) is 24.6 Å². The van der Waals surface area contributed by atoms with E-state index in [9.17, 15) is 27.2 Å². The smallest absolute Gasteiger partial charge is 0.269 e. The van der Waals surface area contributed by atoms with E-state index in [1.54, 1.807) is 12.1 Å². The lowest BCUT2D eigenvalue weighted by atomic mass is 9.94. The molecule has 1 heterocycles. The van der Waals surface area contributed by atoms with Gasteiger partial charge in [-0.15, -0.1) is 0 Å². The minimum atomic E-state index is -4.27. The summed E-state index contributed by atoms with van der Waals surface area (Å²) in [6, 6.07) is 19.7. The topological polar surface area (TPSA) is 104 Å². The molecule has 1 saturated carbocycles. The molecule has 0 radical (unpaired) electrons. The van der Waals surface area contributed by atoms with Gasteiger partial charge in [0.1, 0.15) is 23.3 Å². The Balaban J connectivity index is 1.50. The number of carbonyl (C=O) groups is 3. The Morgan fingerprint density at radius 2 is 1.59 bits per heavy atom. The van der Waals surface area contributed by atoms with Gasteiger partial charge in [0.2, 0.25) is 11.8 Å². The van der Waals surface area contributed by atoms with Crippen LogP contribution in [0.15, 0.2) is 83.8 Å². The maximum absolute atomic E-state index is 14.8. The van der Waals surface area contributed by atoms with E-state index in [0.717, 1.165) is 37.7 Å². The molecule has 214 valence electrons. The quantitative estimate of drug-likeness (QED) is 0.413. The van der Waals surface area contributed by atoms with Crippen LogP contribution < -0.4 is 5.32 Å². The summed E-state index contributed by atoms with van der Waals surface area (Å²) in [7, 11) is -4.27. The van der Waals surface area contributed by atoms with Gasteiger partial charge in [0.25, 0.3) is 15.9 Å². The third-order valence-electron chi connectivity index (χ3n) is 7.71. The highest BCUT2D eigenvalue weighted by atomic mass is 32.2. The van der Waals surface area contributed by atoms with Crippen LogP contribution in [0, 0.1) is 5.82 Å². The zero-order valence-electron chi connectivity index (χ0n) is 22.5. The van der Waals surface area contributed by atoms with Crippen LogP contribution in [0.4, 0.5) is 4.39 Å². The van der Waals surface area contributed by atoms with E-state index in [0.29, 0.717) is 4.31 Å². The summed E-state index contributed by atoms with van der Waals surface area (Å²) in [6.45, 7) is -1.09. The summed E-state index contributed by atoms with van der Waals surface area (Å²) in [4.78, 5) is 41.9. The summed E-state index contributed by atoms with van der Waals surface area (Å²) in [6.07, 6.45) is 4.84. The Kier molecular flexibility index (Phi) is 8.49. The van der Waals surface area contributed by atoms with Crippen molar-refractivity contribution in [2.45, 2.75) is 62.0 Å². The Bertz CT molecular complexity index is 1540. The van der Waals surface area contributed by atoms with Gasteiger partial charge in [0.05, 0.1) is 5.56 Å². The third-order valence-corrected chi connectivity index (χ3v) is 9.50. The molecule has 3 amide bonds. The lowest BCUT2D eigenvalue weighted by Crippen LogP contribution is -2.55. The minimum absolute atomic E-state index is 0.0168. The van der Waals surface area contributed by atoms with Crippen LogP contribution in [-0.2, 0) is 32.6 Å². The van der Waals surface area contributed by atoms with Gasteiger partial charge in [0.15, 0.2) is 0 Å². The predicted octanol–water partition coefficient (Wildman–Crippen LogP) is 4.06. The lowest BCUT2D eigenvalue weighted by molar-refractivity contribution is -0.141. The molecule has 10 heteroatoms. The number of rotatable bonds is 9. The summed E-state index contributed by atoms with van der Waals surface area (Å²) in [5.41, 5.74) is 0.931. The molecule has 1 fully saturated rings. The predicted molar refractivity (Wildman–Crippen MR) is 151 cm³/mol. The number of amides is 3. The van der Waals surface area contributed by atoms with Crippen molar-refractivity contribution < 1.29 is 27.2 Å². The summed E-state index contributed by atoms with van der Waals surface area (Å²) in [5, 5.41) is 3.08. The molecule has 8 nitrogen and oxygen atoms in total. The van der Waals surface area contributed by atoms with Crippen LogP contribution in [0.2, 0.25) is 0 Å². The molecule has 0 aromatic heterocycles. The van der Waals surface area contributed by atoms with Gasteiger partial charge in [-0.3, -0.25) is 14.4 Å². The van der Waals surface area contributed by atoms with Gasteiger partial charge >= 0.3 is 0 Å². The molecular weight excluding hydrogens is 545 g/mol. The largest absolute Gasteiger partial charge is 0.352 e. The molecule has 0 spiro atoms. The van der Waals surface area contributed by atoms with Gasteiger partial charge in [-0.2, -0.15) is 0 Å². The van der Waals surface area contributed by atoms with Crippen molar-refractivity contribution in [1.29, 1.82) is 0 Å². The molecule has 1 N–H and O–H groups in total. The fourth-order valence-corrected chi connectivity index (χ4v) is 7.03. The molecular formula is C31H32FN3O5S. The number of nitrogens with zero attached hydrogens (tertiary/aromatic N) is 2. The Morgan fingerprint density at radius 3 is 2.29 bits per heavy atom. The molecule has 0 bridgehead atoms. The van der Waals surface area contributed by atoms with Crippen molar-refractivity contribution in [3.63, 3.8) is 0 Å². The van der Waals surface area contributed by atoms with Crippen LogP contribution in [0.5, 0.6) is 0 Å². The minimum Gasteiger partial charge on any atom is -0.352 e. The van der Waals surface area contributed by atoms with Crippen molar-refractivity contribution in [3.8, 4) is 0 Å². The number of benzene rings is 3. The summed E-state index contributed by atoms with van der Waals surface area (Å²) < 4.78 is 41.8. The van der Waals surface area contributed by atoms with Crippen LogP contribution in [0.3, 0.4) is 0 Å². The summed E-state index contributed by atoms with van der Waals surface area (Å²) in [5.74, 6) is -2.55. The maximum Gasteiger partial charge on any atom is 0.269 e. The van der Waals surface area contributed by atoms with Crippen molar-refractivity contribution in [2.24, 2.45) is 0 Å². The van der Waals surface area contributed by atoms with Crippen molar-refractivity contribution in [3.05, 3.63) is 101 Å². The van der Waals surface area contributed by atoms with Crippen molar-refractivity contribution >= 4 is 27.7 Å². The normalized spacial score (nSPS) is 17.1. The third kappa shape index (κ3) is 6.17. The first-order valence-corrected chi connectivity index (χ1v) is 15.2. The molecule has 3 aromatic carbocycles. The molecule has 2 aliphatic rings. The average Bonchev–Trinajstić information content (AvgIpc) is 3.17. The van der Waals surface area contributed by atoms with Crippen LogP contribution in [-0.4, -0.2) is 54.0 Å². The number of nitrogens with one attached hydrogen (secondary N) is 1. The van der Waals surface area contributed by atoms with E-state index >= 15 is 0 Å². The zero-order valence-corrected chi connectivity index (χ0v) is 23.4. The molecule has 1 aliphatic carbocycles. The standard InChI is InChI=1S/C31H32FN3O5S/c32-26-17-9-7-13-23(26)20-34(29(36)21-35-31(38)25-16-8-10-18-28(25)41(35,39)40)27(19-22-11-3-1-4-12-22)30(37)33-24-14-5-2-6-15-24/h1,3-4,7-13,16-18,24,27H,2,5-6,14-15,19-21H2,(H,33,37)/t27-/m0/s1. The molecule has 5 rings (SSSR count). The zero-order chi connectivity index (χ0) is 29.0. The van der Waals surface area contributed by atoms with Crippen molar-refractivity contribution in [1.82, 2.24) is 14.5 Å². The van der Waals surface area contributed by atoms with E-state index < -0.39 is 46.1 Å². The van der Waals surface area contributed by atoms with Gasteiger partial charge in [-0.05, 0) is 36.6 Å². The molecule has 0 saturated heterocycles. The second-order valence-electron chi connectivity index (χ2n) is 10.5. The second-order valence-corrected chi connectivity index (χ2v) is 12.3. The van der Waals surface area contributed by atoms with Gasteiger partial charge < -0.3 is 10.2 Å². The number of hydrogen-bond donors (Lipinski definition) is 1. The summed E-state index contributed by atoms with van der Waals surface area (Å²) >= 11 is 0. The van der Waals surface area contributed by atoms with Crippen LogP contribution >= 0.6 is 0 Å². The first-order chi connectivity index (χ1) is 19.8. The second kappa shape index (κ2) is 12.2. The van der Waals surface area contributed by atoms with E-state index in [2.05, 4.69) is 5.32 Å². The van der Waals surface area contributed by atoms with Gasteiger partial charge in [-0.1, -0.05) is 79.9 Å². The highest BCUT2D eigenvalue weighted by Crippen LogP contribution is 2.30. The highest BCUT2D eigenvalue weighted by Gasteiger charge is 2.43. The van der Waals surface area contributed by atoms with Crippen LogP contribution in [0.1, 0.15) is 53.6 Å². The molecule has 0 unspecified atom stereocenters. The number of hydrogen-bond acceptors (Lipinski definition) is 5. The van der Waals surface area contributed by atoms with E-state index in [4.69, 9.17) is 0 Å². The van der Waals surface area contributed by atoms with Crippen LogP contribution in [0.25, 0.3) is 0 Å². The monoisotopic (exact) mass is 577 g/mol. The van der Waals surface area contributed by atoms with Gasteiger partial charge in [-0.25, -0.2) is 17.1 Å². The Morgan fingerprint density at radius 1 is 0.927 bits per heavy atom. The van der Waals surface area contributed by atoms with E-state index in [1.165, 1.54) is 41.3 Å². The number of carbonyl (C=O) groups excluding carboxylic acids is 3. The molecule has 1 aliphatic heterocycles.